The number of hydrogen-bond acceptors (Lipinski definition) is 3. The number of halogens is 1. The molecule has 0 spiro atoms. The van der Waals surface area contributed by atoms with Gasteiger partial charge in [-0.25, -0.2) is 4.79 Å². The second kappa shape index (κ2) is 7.71. The Morgan fingerprint density at radius 2 is 1.68 bits per heavy atom. The zero-order chi connectivity index (χ0) is 22.3. The molecular weight excluding hydrogens is 414 g/mol. The number of nitrogens with zero attached hydrogens (tertiary/aromatic N) is 2. The highest BCUT2D eigenvalue weighted by Gasteiger charge is 2.49. The van der Waals surface area contributed by atoms with Gasteiger partial charge in [0.05, 0.1) is 6.54 Å². The van der Waals surface area contributed by atoms with Crippen LogP contribution in [0.15, 0.2) is 60.7 Å². The lowest BCUT2D eigenvalue weighted by atomic mass is 9.92. The summed E-state index contributed by atoms with van der Waals surface area (Å²) in [5, 5.41) is 3.25. The van der Waals surface area contributed by atoms with Gasteiger partial charge in [0.2, 0.25) is 0 Å². The lowest BCUT2D eigenvalue weighted by molar-refractivity contribution is -0.130. The van der Waals surface area contributed by atoms with Crippen LogP contribution in [0.1, 0.15) is 34.2 Å². The molecule has 1 saturated heterocycles. The molecule has 31 heavy (non-hydrogen) atoms. The predicted molar refractivity (Wildman–Crippen MR) is 119 cm³/mol. The second-order valence-electron chi connectivity index (χ2n) is 7.83. The summed E-state index contributed by atoms with van der Waals surface area (Å²) in [4.78, 5) is 39.8. The first-order valence-corrected chi connectivity index (χ1v) is 10.3. The monoisotopic (exact) mass is 435 g/mol. The molecule has 6 nitrogen and oxygen atoms in total. The van der Waals surface area contributed by atoms with Crippen LogP contribution in [0.5, 0.6) is 0 Å². The number of hydrogen-bond donors (Lipinski definition) is 1. The minimum atomic E-state index is -1.25. The molecule has 0 unspecified atom stereocenters. The largest absolute Gasteiger partial charge is 0.325 e. The second-order valence-corrected chi connectivity index (χ2v) is 8.27. The molecular formula is C24H22ClN3O3. The van der Waals surface area contributed by atoms with Crippen molar-refractivity contribution >= 4 is 29.3 Å². The number of nitrogens with one attached hydrogen (secondary N) is 1. The van der Waals surface area contributed by atoms with Gasteiger partial charge >= 0.3 is 6.03 Å². The van der Waals surface area contributed by atoms with Crippen molar-refractivity contribution in [3.8, 4) is 5.69 Å². The van der Waals surface area contributed by atoms with Crippen LogP contribution in [0.3, 0.4) is 0 Å². The van der Waals surface area contributed by atoms with Gasteiger partial charge in [0.25, 0.3) is 5.91 Å². The van der Waals surface area contributed by atoms with Crippen molar-refractivity contribution in [2.45, 2.75) is 26.3 Å². The van der Waals surface area contributed by atoms with Crippen molar-refractivity contribution in [3.05, 3.63) is 88.2 Å². The first-order valence-electron chi connectivity index (χ1n) is 9.90. The van der Waals surface area contributed by atoms with Crippen LogP contribution in [0, 0.1) is 13.8 Å². The highest BCUT2D eigenvalue weighted by molar-refractivity contribution is 6.30. The van der Waals surface area contributed by atoms with Gasteiger partial charge < -0.3 is 9.88 Å². The van der Waals surface area contributed by atoms with E-state index in [1.54, 1.807) is 37.3 Å². The molecule has 0 radical (unpaired) electrons. The summed E-state index contributed by atoms with van der Waals surface area (Å²) in [5.41, 5.74) is 2.45. The Balaban J connectivity index is 1.60. The lowest BCUT2D eigenvalue weighted by Gasteiger charge is -2.22. The average Bonchev–Trinajstić information content (AvgIpc) is 3.16. The van der Waals surface area contributed by atoms with Crippen LogP contribution in [0.2, 0.25) is 5.02 Å². The third-order valence-corrected chi connectivity index (χ3v) is 6.00. The van der Waals surface area contributed by atoms with E-state index in [1.807, 2.05) is 48.7 Å². The number of Topliss-reactive ketones (excluding diaryl/α,β-unsaturated/α-hetero) is 1. The molecule has 4 rings (SSSR count). The van der Waals surface area contributed by atoms with E-state index >= 15 is 0 Å². The molecule has 0 bridgehead atoms. The van der Waals surface area contributed by atoms with Gasteiger partial charge in [0, 0.05) is 27.7 Å². The van der Waals surface area contributed by atoms with Crippen LogP contribution >= 0.6 is 11.6 Å². The fourth-order valence-electron chi connectivity index (χ4n) is 4.07. The number of benzene rings is 2. The van der Waals surface area contributed by atoms with Crippen LogP contribution in [-0.4, -0.2) is 33.7 Å². The van der Waals surface area contributed by atoms with Gasteiger partial charge in [0.15, 0.2) is 5.78 Å². The Labute approximate surface area is 185 Å². The van der Waals surface area contributed by atoms with Crippen LogP contribution in [-0.2, 0) is 10.3 Å². The normalized spacial score (nSPS) is 18.4. The maximum absolute atomic E-state index is 13.1. The molecule has 2 aromatic carbocycles. The molecule has 1 atom stereocenters. The highest BCUT2D eigenvalue weighted by atomic mass is 35.5. The molecule has 1 aliphatic heterocycles. The number of imide groups is 1. The summed E-state index contributed by atoms with van der Waals surface area (Å²) < 4.78 is 1.98. The molecule has 158 valence electrons. The topological polar surface area (TPSA) is 71.4 Å². The molecule has 1 aromatic heterocycles. The van der Waals surface area contributed by atoms with E-state index in [4.69, 9.17) is 11.6 Å². The molecule has 3 amide bonds. The molecule has 2 heterocycles. The Morgan fingerprint density at radius 1 is 1.03 bits per heavy atom. The molecule has 0 aliphatic carbocycles. The Hall–Kier alpha value is -3.38. The van der Waals surface area contributed by atoms with Crippen molar-refractivity contribution in [1.29, 1.82) is 0 Å². The van der Waals surface area contributed by atoms with E-state index in [9.17, 15) is 14.4 Å². The molecule has 7 heteroatoms. The minimum Gasteiger partial charge on any atom is -0.319 e. The number of para-hydroxylation sites is 1. The van der Waals surface area contributed by atoms with Crippen LogP contribution in [0.25, 0.3) is 5.69 Å². The summed E-state index contributed by atoms with van der Waals surface area (Å²) in [6.45, 7) is 5.08. The van der Waals surface area contributed by atoms with Gasteiger partial charge in [-0.15, -0.1) is 0 Å². The number of carbonyl (C=O) groups excluding carboxylic acids is 3. The van der Waals surface area contributed by atoms with E-state index < -0.39 is 17.5 Å². The summed E-state index contributed by atoms with van der Waals surface area (Å²) >= 11 is 5.94. The van der Waals surface area contributed by atoms with Crippen molar-refractivity contribution < 1.29 is 14.4 Å². The molecule has 3 aromatic rings. The maximum atomic E-state index is 13.1. The Bertz CT molecular complexity index is 1180. The Kier molecular flexibility index (Phi) is 5.19. The summed E-state index contributed by atoms with van der Waals surface area (Å²) in [6, 6.07) is 17.6. The minimum absolute atomic E-state index is 0.292. The van der Waals surface area contributed by atoms with Crippen LogP contribution in [0.4, 0.5) is 4.79 Å². The zero-order valence-electron chi connectivity index (χ0n) is 17.5. The van der Waals surface area contributed by atoms with Gasteiger partial charge in [-0.3, -0.25) is 14.5 Å². The van der Waals surface area contributed by atoms with Gasteiger partial charge in [-0.2, -0.15) is 0 Å². The molecule has 1 fully saturated rings. The SMILES string of the molecule is Cc1cc(C(=O)CN2C(=O)N[C@](C)(c3ccc(Cl)cc3)C2=O)c(C)n1-c1ccccc1. The van der Waals surface area contributed by atoms with Crippen molar-refractivity contribution in [1.82, 2.24) is 14.8 Å². The molecule has 1 aliphatic rings. The van der Waals surface area contributed by atoms with Gasteiger partial charge in [-0.1, -0.05) is 41.9 Å². The van der Waals surface area contributed by atoms with E-state index in [2.05, 4.69) is 5.32 Å². The molecule has 1 N–H and O–H groups in total. The third kappa shape index (κ3) is 3.53. The number of ketones is 1. The number of carbonyl (C=O) groups is 3. The zero-order valence-corrected chi connectivity index (χ0v) is 18.2. The average molecular weight is 436 g/mol. The molecule has 0 saturated carbocycles. The first kappa shape index (κ1) is 20.9. The quantitative estimate of drug-likeness (QED) is 0.477. The fraction of sp³-hybridized carbons (Fsp3) is 0.208. The van der Waals surface area contributed by atoms with E-state index in [0.29, 0.717) is 16.1 Å². The number of amides is 3. The third-order valence-electron chi connectivity index (χ3n) is 5.74. The Morgan fingerprint density at radius 3 is 2.32 bits per heavy atom. The maximum Gasteiger partial charge on any atom is 0.325 e. The fourth-order valence-corrected chi connectivity index (χ4v) is 4.19. The van der Waals surface area contributed by atoms with E-state index in [0.717, 1.165) is 22.0 Å². The van der Waals surface area contributed by atoms with Gasteiger partial charge in [0.1, 0.15) is 5.54 Å². The van der Waals surface area contributed by atoms with Crippen molar-refractivity contribution in [2.75, 3.05) is 6.54 Å². The summed E-state index contributed by atoms with van der Waals surface area (Å²) in [5.74, 6) is -0.760. The number of rotatable bonds is 5. The van der Waals surface area contributed by atoms with Crippen molar-refractivity contribution in [3.63, 3.8) is 0 Å². The summed E-state index contributed by atoms with van der Waals surface area (Å²) in [6.07, 6.45) is 0. The van der Waals surface area contributed by atoms with E-state index in [-0.39, 0.29) is 12.3 Å². The van der Waals surface area contributed by atoms with Crippen molar-refractivity contribution in [2.24, 2.45) is 0 Å². The number of aryl methyl sites for hydroxylation is 1. The standard InChI is InChI=1S/C24H22ClN3O3/c1-15-13-20(16(2)28(15)19-7-5-4-6-8-19)21(29)14-27-22(30)24(3,26-23(27)31)17-9-11-18(25)12-10-17/h4-13H,14H2,1-3H3,(H,26,31)/t24-/m1/s1. The smallest absolute Gasteiger partial charge is 0.319 e. The number of urea groups is 1. The first-order chi connectivity index (χ1) is 14.7. The van der Waals surface area contributed by atoms with Crippen LogP contribution < -0.4 is 5.32 Å². The van der Waals surface area contributed by atoms with Gasteiger partial charge in [-0.05, 0) is 56.7 Å². The lowest BCUT2D eigenvalue weighted by Crippen LogP contribution is -2.41. The van der Waals surface area contributed by atoms with E-state index in [1.165, 1.54) is 0 Å². The highest BCUT2D eigenvalue weighted by Crippen LogP contribution is 2.30. The number of aromatic nitrogens is 1. The predicted octanol–water partition coefficient (Wildman–Crippen LogP) is 4.40. The summed E-state index contributed by atoms with van der Waals surface area (Å²) in [7, 11) is 0.